The molecule has 1 fully saturated rings. The number of aromatic hydroxyl groups is 2. The fourth-order valence-corrected chi connectivity index (χ4v) is 4.33. The molecule has 0 aliphatic carbocycles. The third kappa shape index (κ3) is 6.67. The van der Waals surface area contributed by atoms with Gasteiger partial charge in [0.1, 0.15) is 17.3 Å². The highest BCUT2D eigenvalue weighted by Gasteiger charge is 2.27. The number of anilines is 1. The summed E-state index contributed by atoms with van der Waals surface area (Å²) >= 11 is 0. The van der Waals surface area contributed by atoms with Gasteiger partial charge in [0.05, 0.1) is 12.1 Å². The Morgan fingerprint density at radius 3 is 2.27 bits per heavy atom. The molecule has 0 radical (unpaired) electrons. The van der Waals surface area contributed by atoms with Crippen molar-refractivity contribution in [1.29, 1.82) is 10.8 Å². The highest BCUT2D eigenvalue weighted by molar-refractivity contribution is 6.48. The summed E-state index contributed by atoms with van der Waals surface area (Å²) in [6.45, 7) is 11.0. The van der Waals surface area contributed by atoms with Crippen LogP contribution in [0.15, 0.2) is 36.4 Å². The number of terminal acetylenes is 1. The van der Waals surface area contributed by atoms with Crippen molar-refractivity contribution < 1.29 is 15.0 Å². The number of carbonyl (C=O) groups is 1. The van der Waals surface area contributed by atoms with Crippen LogP contribution in [0.2, 0.25) is 0 Å². The van der Waals surface area contributed by atoms with Crippen LogP contribution in [-0.2, 0) is 11.3 Å². The van der Waals surface area contributed by atoms with Crippen LogP contribution in [0.25, 0.3) is 0 Å². The Morgan fingerprint density at radius 1 is 1.08 bits per heavy atom. The molecule has 2 aromatic carbocycles. The molecule has 1 saturated heterocycles. The number of benzene rings is 2. The molecule has 9 nitrogen and oxygen atoms in total. The van der Waals surface area contributed by atoms with Gasteiger partial charge in [-0.3, -0.25) is 30.3 Å². The lowest BCUT2D eigenvalue weighted by atomic mass is 9.98. The van der Waals surface area contributed by atoms with Gasteiger partial charge in [-0.2, -0.15) is 0 Å². The average molecular weight is 505 g/mol. The topological polar surface area (TPSA) is 127 Å². The molecule has 5 N–H and O–H groups in total. The molecule has 0 bridgehead atoms. The van der Waals surface area contributed by atoms with E-state index >= 15 is 0 Å². The number of piperazine rings is 1. The van der Waals surface area contributed by atoms with Crippen LogP contribution < -0.4 is 10.2 Å². The van der Waals surface area contributed by atoms with Gasteiger partial charge in [-0.1, -0.05) is 31.9 Å². The van der Waals surface area contributed by atoms with Gasteiger partial charge in [0.25, 0.3) is 5.91 Å². The lowest BCUT2D eigenvalue weighted by Crippen LogP contribution is -2.46. The number of amides is 1. The van der Waals surface area contributed by atoms with Crippen molar-refractivity contribution in [1.82, 2.24) is 15.1 Å². The lowest BCUT2D eigenvalue weighted by molar-refractivity contribution is -0.114. The van der Waals surface area contributed by atoms with Gasteiger partial charge >= 0.3 is 0 Å². The minimum atomic E-state index is -0.636. The van der Waals surface area contributed by atoms with Gasteiger partial charge in [-0.15, -0.1) is 6.42 Å². The van der Waals surface area contributed by atoms with Crippen molar-refractivity contribution in [3.63, 3.8) is 0 Å². The summed E-state index contributed by atoms with van der Waals surface area (Å²) in [5, 5.41) is 40.8. The Kier molecular flexibility index (Phi) is 9.28. The normalized spacial score (nSPS) is 14.2. The van der Waals surface area contributed by atoms with Gasteiger partial charge in [0, 0.05) is 51.0 Å². The summed E-state index contributed by atoms with van der Waals surface area (Å²) < 4.78 is 0. The molecule has 2 aromatic rings. The molecule has 196 valence electrons. The maximum atomic E-state index is 12.6. The van der Waals surface area contributed by atoms with E-state index in [-0.39, 0.29) is 28.8 Å². The number of carbonyl (C=O) groups excluding carboxylic acids is 1. The monoisotopic (exact) mass is 504 g/mol. The van der Waals surface area contributed by atoms with Crippen molar-refractivity contribution in [2.45, 2.75) is 33.2 Å². The van der Waals surface area contributed by atoms with Crippen molar-refractivity contribution >= 4 is 23.3 Å². The highest BCUT2D eigenvalue weighted by Crippen LogP contribution is 2.33. The van der Waals surface area contributed by atoms with E-state index in [4.69, 9.17) is 17.2 Å². The molecule has 0 spiro atoms. The van der Waals surface area contributed by atoms with Crippen LogP contribution in [0.4, 0.5) is 5.69 Å². The standard InChI is InChI=1S/C28H36N6O3/c1-5-11-32-12-14-33(15-13-32)18-20-7-9-21(10-8-20)34(27(30)28(37)31-6-2)26(29)23-16-22(19(3)4)24(35)17-25(23)36/h1,7-10,16-17,19,29-30,35-36H,6,11-15,18H2,2-4H3,(H,31,37). The van der Waals surface area contributed by atoms with Crippen molar-refractivity contribution in [3.05, 3.63) is 53.1 Å². The Morgan fingerprint density at radius 2 is 1.70 bits per heavy atom. The summed E-state index contributed by atoms with van der Waals surface area (Å²) in [4.78, 5) is 18.4. The molecule has 1 amide bonds. The number of rotatable bonds is 7. The quantitative estimate of drug-likeness (QED) is 0.224. The summed E-state index contributed by atoms with van der Waals surface area (Å²) in [6, 6.07) is 10.1. The van der Waals surface area contributed by atoms with Gasteiger partial charge in [-0.05, 0) is 42.2 Å². The summed E-state index contributed by atoms with van der Waals surface area (Å²) in [7, 11) is 0. The SMILES string of the molecule is C#CCN1CCN(Cc2ccc(N(C(=N)C(=O)NCC)C(=N)c3cc(C(C)C)c(O)cc3O)cc2)CC1. The Labute approximate surface area is 218 Å². The van der Waals surface area contributed by atoms with E-state index in [1.165, 1.54) is 17.0 Å². The fraction of sp³-hybridized carbons (Fsp3) is 0.393. The van der Waals surface area contributed by atoms with Crippen molar-refractivity contribution in [2.75, 3.05) is 44.2 Å². The molecule has 37 heavy (non-hydrogen) atoms. The smallest absolute Gasteiger partial charge is 0.287 e. The Balaban J connectivity index is 1.88. The first-order valence-electron chi connectivity index (χ1n) is 12.4. The molecule has 1 heterocycles. The molecule has 0 aromatic heterocycles. The predicted molar refractivity (Wildman–Crippen MR) is 147 cm³/mol. The van der Waals surface area contributed by atoms with Gasteiger partial charge in [0.2, 0.25) is 0 Å². The first kappa shape index (κ1) is 27.7. The maximum absolute atomic E-state index is 12.6. The number of nitrogens with zero attached hydrogens (tertiary/aromatic N) is 3. The van der Waals surface area contributed by atoms with Gasteiger partial charge < -0.3 is 15.5 Å². The number of phenols is 2. The van der Waals surface area contributed by atoms with Crippen LogP contribution in [0.5, 0.6) is 11.5 Å². The van der Waals surface area contributed by atoms with Gasteiger partial charge in [0.15, 0.2) is 5.84 Å². The molecular formula is C28H36N6O3. The molecule has 0 atom stereocenters. The Bertz CT molecular complexity index is 1180. The van der Waals surface area contributed by atoms with Crippen molar-refractivity contribution in [3.8, 4) is 23.8 Å². The van der Waals surface area contributed by atoms with E-state index in [9.17, 15) is 15.0 Å². The minimum Gasteiger partial charge on any atom is -0.508 e. The first-order chi connectivity index (χ1) is 17.7. The molecule has 1 aliphatic heterocycles. The van der Waals surface area contributed by atoms with E-state index in [0.717, 1.165) is 38.3 Å². The second kappa shape index (κ2) is 12.4. The molecule has 0 saturated carbocycles. The summed E-state index contributed by atoms with van der Waals surface area (Å²) in [6.07, 6.45) is 5.42. The zero-order valence-corrected chi connectivity index (χ0v) is 21.7. The fourth-order valence-electron chi connectivity index (χ4n) is 4.33. The van der Waals surface area contributed by atoms with Crippen LogP contribution >= 0.6 is 0 Å². The van der Waals surface area contributed by atoms with E-state index in [1.54, 1.807) is 19.1 Å². The molecule has 1 aliphatic rings. The molecular weight excluding hydrogens is 468 g/mol. The average Bonchev–Trinajstić information content (AvgIpc) is 2.86. The predicted octanol–water partition coefficient (Wildman–Crippen LogP) is 2.92. The summed E-state index contributed by atoms with van der Waals surface area (Å²) in [5.41, 5.74) is 2.19. The number of hydrogen-bond acceptors (Lipinski definition) is 7. The van der Waals surface area contributed by atoms with Crippen LogP contribution in [0.1, 0.15) is 43.4 Å². The van der Waals surface area contributed by atoms with E-state index in [2.05, 4.69) is 21.0 Å². The Hall–Kier alpha value is -3.87. The molecule has 9 heteroatoms. The summed E-state index contributed by atoms with van der Waals surface area (Å²) in [5.74, 6) is 0.937. The molecule has 0 unspecified atom stereocenters. The zero-order chi connectivity index (χ0) is 27.1. The maximum Gasteiger partial charge on any atom is 0.287 e. The third-order valence-electron chi connectivity index (χ3n) is 6.40. The minimum absolute atomic E-state index is 0.0591. The van der Waals surface area contributed by atoms with E-state index in [0.29, 0.717) is 24.3 Å². The highest BCUT2D eigenvalue weighted by atomic mass is 16.3. The number of amidine groups is 2. The van der Waals surface area contributed by atoms with Gasteiger partial charge in [-0.25, -0.2) is 0 Å². The molecule has 3 rings (SSSR count). The number of phenolic OH excluding ortho intramolecular Hbond substituents is 2. The largest absolute Gasteiger partial charge is 0.508 e. The van der Waals surface area contributed by atoms with E-state index < -0.39 is 11.7 Å². The second-order valence-corrected chi connectivity index (χ2v) is 9.40. The lowest BCUT2D eigenvalue weighted by Gasteiger charge is -2.33. The zero-order valence-electron chi connectivity index (χ0n) is 21.7. The van der Waals surface area contributed by atoms with Crippen molar-refractivity contribution in [2.24, 2.45) is 0 Å². The van der Waals surface area contributed by atoms with Crippen LogP contribution in [0.3, 0.4) is 0 Å². The first-order valence-corrected chi connectivity index (χ1v) is 12.4. The number of nitrogens with one attached hydrogen (secondary N) is 3. The number of likely N-dealkylation sites (N-methyl/N-ethyl adjacent to an activating group) is 1. The van der Waals surface area contributed by atoms with Crippen LogP contribution in [-0.4, -0.2) is 76.9 Å². The van der Waals surface area contributed by atoms with E-state index in [1.807, 2.05) is 26.0 Å². The third-order valence-corrected chi connectivity index (χ3v) is 6.40. The van der Waals surface area contributed by atoms with Crippen LogP contribution in [0, 0.1) is 23.2 Å². The second-order valence-electron chi connectivity index (χ2n) is 9.40. The number of hydrogen-bond donors (Lipinski definition) is 5.